The third kappa shape index (κ3) is 1.88. The number of rotatable bonds is 2. The molecule has 5 nitrogen and oxygen atoms in total. The van der Waals surface area contributed by atoms with E-state index in [1.54, 1.807) is 6.20 Å². The SMILES string of the molecule is Cc1cccnc1N1CCC(n2ccnn2)C1. The molecule has 3 rings (SSSR count). The van der Waals surface area contributed by atoms with Crippen LogP contribution in [0.25, 0.3) is 0 Å². The molecule has 1 aliphatic heterocycles. The minimum atomic E-state index is 0.416. The van der Waals surface area contributed by atoms with E-state index in [0.717, 1.165) is 25.3 Å². The van der Waals surface area contributed by atoms with E-state index >= 15 is 0 Å². The van der Waals surface area contributed by atoms with Crippen LogP contribution in [0, 0.1) is 6.92 Å². The molecule has 0 aliphatic carbocycles. The van der Waals surface area contributed by atoms with Gasteiger partial charge in [0.25, 0.3) is 0 Å². The van der Waals surface area contributed by atoms with E-state index in [1.807, 2.05) is 23.1 Å². The van der Waals surface area contributed by atoms with Crippen molar-refractivity contribution in [3.8, 4) is 0 Å². The Morgan fingerprint density at radius 3 is 3.06 bits per heavy atom. The highest BCUT2D eigenvalue weighted by molar-refractivity contribution is 5.46. The molecule has 88 valence electrons. The van der Waals surface area contributed by atoms with Gasteiger partial charge in [-0.05, 0) is 25.0 Å². The summed E-state index contributed by atoms with van der Waals surface area (Å²) in [5.74, 6) is 1.09. The zero-order valence-corrected chi connectivity index (χ0v) is 9.82. The number of aromatic nitrogens is 4. The maximum atomic E-state index is 4.46. The molecule has 5 heteroatoms. The number of anilines is 1. The minimum absolute atomic E-state index is 0.416. The fourth-order valence-corrected chi connectivity index (χ4v) is 2.37. The van der Waals surface area contributed by atoms with E-state index in [-0.39, 0.29) is 0 Å². The summed E-state index contributed by atoms with van der Waals surface area (Å²) in [4.78, 5) is 6.78. The van der Waals surface area contributed by atoms with Crippen LogP contribution in [0.5, 0.6) is 0 Å². The molecule has 3 heterocycles. The molecule has 1 saturated heterocycles. The molecule has 2 aromatic rings. The number of nitrogens with zero attached hydrogens (tertiary/aromatic N) is 5. The molecule has 1 atom stereocenters. The van der Waals surface area contributed by atoms with E-state index in [4.69, 9.17) is 0 Å². The molecule has 1 aliphatic rings. The fraction of sp³-hybridized carbons (Fsp3) is 0.417. The van der Waals surface area contributed by atoms with Gasteiger partial charge in [-0.1, -0.05) is 11.3 Å². The minimum Gasteiger partial charge on any atom is -0.354 e. The molecular weight excluding hydrogens is 214 g/mol. The first-order chi connectivity index (χ1) is 8.34. The monoisotopic (exact) mass is 229 g/mol. The molecule has 17 heavy (non-hydrogen) atoms. The fourth-order valence-electron chi connectivity index (χ4n) is 2.37. The van der Waals surface area contributed by atoms with Gasteiger partial charge in [-0.3, -0.25) is 0 Å². The van der Waals surface area contributed by atoms with Gasteiger partial charge in [0.05, 0.1) is 12.2 Å². The number of pyridine rings is 1. The van der Waals surface area contributed by atoms with Gasteiger partial charge in [-0.15, -0.1) is 5.10 Å². The van der Waals surface area contributed by atoms with E-state index in [9.17, 15) is 0 Å². The van der Waals surface area contributed by atoms with E-state index in [1.165, 1.54) is 5.56 Å². The quantitative estimate of drug-likeness (QED) is 0.781. The van der Waals surface area contributed by atoms with Crippen molar-refractivity contribution >= 4 is 5.82 Å². The highest BCUT2D eigenvalue weighted by atomic mass is 15.4. The Kier molecular flexibility index (Phi) is 2.51. The lowest BCUT2D eigenvalue weighted by atomic mass is 10.2. The van der Waals surface area contributed by atoms with E-state index < -0.39 is 0 Å². The lowest BCUT2D eigenvalue weighted by Crippen LogP contribution is -2.22. The second-order valence-corrected chi connectivity index (χ2v) is 4.42. The lowest BCUT2D eigenvalue weighted by molar-refractivity contribution is 0.479. The molecular formula is C12H15N5. The van der Waals surface area contributed by atoms with Gasteiger partial charge in [-0.25, -0.2) is 9.67 Å². The Morgan fingerprint density at radius 2 is 2.29 bits per heavy atom. The molecule has 0 amide bonds. The normalized spacial score (nSPS) is 19.8. The van der Waals surface area contributed by atoms with Crippen LogP contribution < -0.4 is 4.90 Å². The second kappa shape index (κ2) is 4.16. The van der Waals surface area contributed by atoms with Crippen LogP contribution in [0.1, 0.15) is 18.0 Å². The zero-order chi connectivity index (χ0) is 11.7. The molecule has 2 aromatic heterocycles. The number of hydrogen-bond acceptors (Lipinski definition) is 4. The van der Waals surface area contributed by atoms with Gasteiger partial charge in [0.1, 0.15) is 5.82 Å². The maximum Gasteiger partial charge on any atom is 0.131 e. The summed E-state index contributed by atoms with van der Waals surface area (Å²) in [6.45, 7) is 4.09. The summed E-state index contributed by atoms with van der Waals surface area (Å²) in [6, 6.07) is 4.49. The van der Waals surface area contributed by atoms with Gasteiger partial charge in [0.15, 0.2) is 0 Å². The molecule has 1 fully saturated rings. The van der Waals surface area contributed by atoms with Crippen LogP contribution in [-0.2, 0) is 0 Å². The molecule has 1 unspecified atom stereocenters. The van der Waals surface area contributed by atoms with Crippen molar-refractivity contribution in [2.24, 2.45) is 0 Å². The average Bonchev–Trinajstić information content (AvgIpc) is 3.00. The first-order valence-electron chi connectivity index (χ1n) is 5.87. The number of hydrogen-bond donors (Lipinski definition) is 0. The van der Waals surface area contributed by atoms with Crippen molar-refractivity contribution < 1.29 is 0 Å². The number of aryl methyl sites for hydroxylation is 1. The topological polar surface area (TPSA) is 46.8 Å². The molecule has 0 spiro atoms. The van der Waals surface area contributed by atoms with Gasteiger partial charge < -0.3 is 4.90 Å². The average molecular weight is 229 g/mol. The van der Waals surface area contributed by atoms with Crippen LogP contribution in [-0.4, -0.2) is 33.1 Å². The largest absolute Gasteiger partial charge is 0.354 e. The van der Waals surface area contributed by atoms with Gasteiger partial charge in [0.2, 0.25) is 0 Å². The zero-order valence-electron chi connectivity index (χ0n) is 9.82. The van der Waals surface area contributed by atoms with Crippen molar-refractivity contribution in [1.29, 1.82) is 0 Å². The Bertz CT molecular complexity index is 493. The van der Waals surface area contributed by atoms with Crippen LogP contribution in [0.4, 0.5) is 5.82 Å². The predicted molar refractivity (Wildman–Crippen MR) is 64.9 cm³/mol. The molecule has 0 aromatic carbocycles. The maximum absolute atomic E-state index is 4.46. The van der Waals surface area contributed by atoms with Gasteiger partial charge in [-0.2, -0.15) is 0 Å². The van der Waals surface area contributed by atoms with Crippen molar-refractivity contribution in [1.82, 2.24) is 20.0 Å². The highest BCUT2D eigenvalue weighted by Gasteiger charge is 2.25. The van der Waals surface area contributed by atoms with Crippen LogP contribution in [0.15, 0.2) is 30.7 Å². The van der Waals surface area contributed by atoms with Crippen LogP contribution in [0.2, 0.25) is 0 Å². The molecule has 0 saturated carbocycles. The summed E-state index contributed by atoms with van der Waals surface area (Å²) in [5.41, 5.74) is 1.23. The standard InChI is InChI=1S/C12H15N5/c1-10-3-2-5-13-12(10)16-7-4-11(9-16)17-8-6-14-15-17/h2-3,5-6,8,11H,4,7,9H2,1H3. The Hall–Kier alpha value is -1.91. The molecule has 0 N–H and O–H groups in total. The summed E-state index contributed by atoms with van der Waals surface area (Å²) < 4.78 is 1.94. The first-order valence-corrected chi connectivity index (χ1v) is 5.87. The first kappa shape index (κ1) is 10.3. The van der Waals surface area contributed by atoms with Crippen LogP contribution >= 0.6 is 0 Å². The van der Waals surface area contributed by atoms with Crippen molar-refractivity contribution in [3.63, 3.8) is 0 Å². The third-order valence-corrected chi connectivity index (χ3v) is 3.26. The smallest absolute Gasteiger partial charge is 0.131 e. The predicted octanol–water partition coefficient (Wildman–Crippen LogP) is 1.43. The Balaban J connectivity index is 1.79. The highest BCUT2D eigenvalue weighted by Crippen LogP contribution is 2.26. The van der Waals surface area contributed by atoms with E-state index in [2.05, 4.69) is 33.2 Å². The van der Waals surface area contributed by atoms with Gasteiger partial charge in [0, 0.05) is 25.5 Å². The summed E-state index contributed by atoms with van der Waals surface area (Å²) >= 11 is 0. The lowest BCUT2D eigenvalue weighted by Gasteiger charge is -2.19. The van der Waals surface area contributed by atoms with Crippen molar-refractivity contribution in [2.45, 2.75) is 19.4 Å². The summed E-state index contributed by atoms with van der Waals surface area (Å²) in [7, 11) is 0. The second-order valence-electron chi connectivity index (χ2n) is 4.42. The summed E-state index contributed by atoms with van der Waals surface area (Å²) in [5, 5.41) is 7.93. The van der Waals surface area contributed by atoms with Crippen molar-refractivity contribution in [3.05, 3.63) is 36.3 Å². The van der Waals surface area contributed by atoms with Crippen molar-refractivity contribution in [2.75, 3.05) is 18.0 Å². The molecule has 0 bridgehead atoms. The van der Waals surface area contributed by atoms with E-state index in [0.29, 0.717) is 6.04 Å². The molecule has 0 radical (unpaired) electrons. The third-order valence-electron chi connectivity index (χ3n) is 3.26. The Morgan fingerprint density at radius 1 is 1.35 bits per heavy atom. The summed E-state index contributed by atoms with van der Waals surface area (Å²) in [6.07, 6.45) is 6.61. The van der Waals surface area contributed by atoms with Crippen LogP contribution in [0.3, 0.4) is 0 Å². The van der Waals surface area contributed by atoms with Gasteiger partial charge >= 0.3 is 0 Å². The Labute approximate surface area is 100 Å².